The van der Waals surface area contributed by atoms with Crippen molar-refractivity contribution in [2.75, 3.05) is 54.5 Å². The standard InChI is InChI=1S/C16H31N3O2/c1-18(2)16(6-5-7-16)12-19(3)14(20)15(13-21-4)8-10-17-11-9-15/h17H,5-13H2,1-4H3. The van der Waals surface area contributed by atoms with Crippen molar-refractivity contribution in [1.29, 1.82) is 0 Å². The minimum Gasteiger partial charge on any atom is -0.384 e. The van der Waals surface area contributed by atoms with Crippen LogP contribution < -0.4 is 5.32 Å². The molecule has 5 heteroatoms. The van der Waals surface area contributed by atoms with Gasteiger partial charge in [0.2, 0.25) is 5.91 Å². The smallest absolute Gasteiger partial charge is 0.231 e. The number of carbonyl (C=O) groups excluding carboxylic acids is 1. The molecule has 122 valence electrons. The van der Waals surface area contributed by atoms with Crippen LogP contribution in [-0.2, 0) is 9.53 Å². The first kappa shape index (κ1) is 16.7. The third-order valence-electron chi connectivity index (χ3n) is 5.55. The lowest BCUT2D eigenvalue weighted by Gasteiger charge is -2.50. The van der Waals surface area contributed by atoms with Gasteiger partial charge in [-0.1, -0.05) is 0 Å². The van der Waals surface area contributed by atoms with Crippen molar-refractivity contribution >= 4 is 5.91 Å². The Balaban J connectivity index is 2.05. The molecule has 1 saturated carbocycles. The fraction of sp³-hybridized carbons (Fsp3) is 0.938. The Morgan fingerprint density at radius 2 is 1.76 bits per heavy atom. The first-order valence-corrected chi connectivity index (χ1v) is 8.08. The number of likely N-dealkylation sites (N-methyl/N-ethyl adjacent to an activating group) is 2. The van der Waals surface area contributed by atoms with Crippen molar-refractivity contribution in [3.05, 3.63) is 0 Å². The molecule has 0 unspecified atom stereocenters. The molecule has 21 heavy (non-hydrogen) atoms. The highest BCUT2D eigenvalue weighted by atomic mass is 16.5. The maximum atomic E-state index is 13.0. The Morgan fingerprint density at radius 1 is 1.14 bits per heavy atom. The Morgan fingerprint density at radius 3 is 2.19 bits per heavy atom. The van der Waals surface area contributed by atoms with Crippen molar-refractivity contribution in [3.8, 4) is 0 Å². The molecule has 0 aromatic rings. The number of ether oxygens (including phenoxy) is 1. The van der Waals surface area contributed by atoms with Crippen molar-refractivity contribution in [2.45, 2.75) is 37.6 Å². The van der Waals surface area contributed by atoms with E-state index < -0.39 is 0 Å². The lowest BCUT2D eigenvalue weighted by Crippen LogP contribution is -2.60. The molecule has 1 aliphatic heterocycles. The first-order valence-electron chi connectivity index (χ1n) is 8.08. The topological polar surface area (TPSA) is 44.8 Å². The van der Waals surface area contributed by atoms with Gasteiger partial charge < -0.3 is 19.9 Å². The number of carbonyl (C=O) groups is 1. The van der Waals surface area contributed by atoms with Crippen LogP contribution in [-0.4, -0.2) is 75.7 Å². The lowest BCUT2D eigenvalue weighted by molar-refractivity contribution is -0.149. The summed E-state index contributed by atoms with van der Waals surface area (Å²) in [5.41, 5.74) is -0.141. The van der Waals surface area contributed by atoms with Crippen LogP contribution in [0.25, 0.3) is 0 Å². The second-order valence-corrected chi connectivity index (χ2v) is 7.10. The van der Waals surface area contributed by atoms with E-state index in [9.17, 15) is 4.79 Å². The third kappa shape index (κ3) is 3.25. The molecule has 1 saturated heterocycles. The Kier molecular flexibility index (Phi) is 5.28. The van der Waals surface area contributed by atoms with E-state index in [4.69, 9.17) is 4.74 Å². The van der Waals surface area contributed by atoms with Crippen molar-refractivity contribution in [2.24, 2.45) is 5.41 Å². The van der Waals surface area contributed by atoms with E-state index >= 15 is 0 Å². The molecule has 1 N–H and O–H groups in total. The quantitative estimate of drug-likeness (QED) is 0.793. The molecule has 1 aliphatic carbocycles. The second-order valence-electron chi connectivity index (χ2n) is 7.10. The number of nitrogens with zero attached hydrogens (tertiary/aromatic N) is 2. The van der Waals surface area contributed by atoms with Gasteiger partial charge in [0.1, 0.15) is 0 Å². The zero-order chi connectivity index (χ0) is 15.5. The van der Waals surface area contributed by atoms with E-state index in [-0.39, 0.29) is 16.9 Å². The second kappa shape index (κ2) is 6.63. The van der Waals surface area contributed by atoms with Gasteiger partial charge in [-0.15, -0.1) is 0 Å². The van der Waals surface area contributed by atoms with Gasteiger partial charge in [0.15, 0.2) is 0 Å². The van der Waals surface area contributed by atoms with Crippen LogP contribution in [0.15, 0.2) is 0 Å². The van der Waals surface area contributed by atoms with Crippen LogP contribution in [0.4, 0.5) is 0 Å². The SMILES string of the molecule is COCC1(C(=O)N(C)CC2(N(C)C)CCC2)CCNCC1. The maximum Gasteiger partial charge on any atom is 0.231 e. The summed E-state index contributed by atoms with van der Waals surface area (Å²) in [5, 5.41) is 3.35. The van der Waals surface area contributed by atoms with E-state index in [0.717, 1.165) is 32.5 Å². The summed E-state index contributed by atoms with van der Waals surface area (Å²) in [6, 6.07) is 0. The summed E-state index contributed by atoms with van der Waals surface area (Å²) in [5.74, 6) is 0.263. The van der Waals surface area contributed by atoms with Gasteiger partial charge in [-0.25, -0.2) is 0 Å². The summed E-state index contributed by atoms with van der Waals surface area (Å²) < 4.78 is 5.39. The van der Waals surface area contributed by atoms with Crippen molar-refractivity contribution in [1.82, 2.24) is 15.1 Å². The Labute approximate surface area is 129 Å². The van der Waals surface area contributed by atoms with Crippen LogP contribution in [0, 0.1) is 5.41 Å². The van der Waals surface area contributed by atoms with E-state index in [0.29, 0.717) is 6.61 Å². The van der Waals surface area contributed by atoms with Crippen LogP contribution >= 0.6 is 0 Å². The molecular formula is C16H31N3O2. The largest absolute Gasteiger partial charge is 0.384 e. The predicted octanol–water partition coefficient (Wildman–Crippen LogP) is 0.945. The Bertz CT molecular complexity index is 355. The summed E-state index contributed by atoms with van der Waals surface area (Å²) in [4.78, 5) is 17.3. The zero-order valence-electron chi connectivity index (χ0n) is 14.1. The summed E-state index contributed by atoms with van der Waals surface area (Å²) >= 11 is 0. The lowest BCUT2D eigenvalue weighted by atomic mass is 9.74. The van der Waals surface area contributed by atoms with Gasteiger partial charge in [0.25, 0.3) is 0 Å². The average Bonchev–Trinajstić information content (AvgIpc) is 2.42. The Hall–Kier alpha value is -0.650. The molecule has 1 amide bonds. The number of nitrogens with one attached hydrogen (secondary N) is 1. The molecule has 0 radical (unpaired) electrons. The monoisotopic (exact) mass is 297 g/mol. The molecule has 0 atom stereocenters. The van der Waals surface area contributed by atoms with Gasteiger partial charge in [-0.3, -0.25) is 4.79 Å². The molecule has 0 aromatic heterocycles. The van der Waals surface area contributed by atoms with Crippen LogP contribution in [0.3, 0.4) is 0 Å². The van der Waals surface area contributed by atoms with Crippen molar-refractivity contribution < 1.29 is 9.53 Å². The highest BCUT2D eigenvalue weighted by molar-refractivity contribution is 5.83. The number of methoxy groups -OCH3 is 1. The molecule has 2 fully saturated rings. The minimum absolute atomic E-state index is 0.186. The number of rotatable bonds is 6. The van der Waals surface area contributed by atoms with Gasteiger partial charge >= 0.3 is 0 Å². The maximum absolute atomic E-state index is 13.0. The summed E-state index contributed by atoms with van der Waals surface area (Å²) in [6.45, 7) is 3.17. The molecule has 0 aromatic carbocycles. The number of hydrogen-bond donors (Lipinski definition) is 1. The van der Waals surface area contributed by atoms with Gasteiger partial charge in [-0.05, 0) is 59.3 Å². The number of amides is 1. The molecular weight excluding hydrogens is 266 g/mol. The minimum atomic E-state index is -0.327. The highest BCUT2D eigenvalue weighted by Gasteiger charge is 2.45. The van der Waals surface area contributed by atoms with Gasteiger partial charge in [-0.2, -0.15) is 0 Å². The van der Waals surface area contributed by atoms with E-state index in [1.807, 2.05) is 11.9 Å². The van der Waals surface area contributed by atoms with Crippen LogP contribution in [0.1, 0.15) is 32.1 Å². The van der Waals surface area contributed by atoms with E-state index in [1.165, 1.54) is 19.3 Å². The van der Waals surface area contributed by atoms with E-state index in [1.54, 1.807) is 7.11 Å². The number of hydrogen-bond acceptors (Lipinski definition) is 4. The molecule has 1 heterocycles. The average molecular weight is 297 g/mol. The normalized spacial score (nSPS) is 23.7. The molecule has 5 nitrogen and oxygen atoms in total. The predicted molar refractivity (Wildman–Crippen MR) is 84.3 cm³/mol. The molecule has 2 aliphatic rings. The molecule has 0 spiro atoms. The highest BCUT2D eigenvalue weighted by Crippen LogP contribution is 2.38. The zero-order valence-corrected chi connectivity index (χ0v) is 14.1. The van der Waals surface area contributed by atoms with Gasteiger partial charge in [0.05, 0.1) is 12.0 Å². The summed E-state index contributed by atoms with van der Waals surface area (Å²) in [7, 11) is 7.93. The fourth-order valence-corrected chi connectivity index (χ4v) is 3.85. The molecule has 2 rings (SSSR count). The van der Waals surface area contributed by atoms with Crippen LogP contribution in [0.5, 0.6) is 0 Å². The van der Waals surface area contributed by atoms with Gasteiger partial charge in [0, 0.05) is 26.2 Å². The van der Waals surface area contributed by atoms with Crippen LogP contribution in [0.2, 0.25) is 0 Å². The summed E-state index contributed by atoms with van der Waals surface area (Å²) in [6.07, 6.45) is 5.40. The van der Waals surface area contributed by atoms with E-state index in [2.05, 4.69) is 24.3 Å². The van der Waals surface area contributed by atoms with Crippen molar-refractivity contribution in [3.63, 3.8) is 0 Å². The fourth-order valence-electron chi connectivity index (χ4n) is 3.85. The number of piperidine rings is 1. The molecule has 0 bridgehead atoms. The third-order valence-corrected chi connectivity index (χ3v) is 5.55. The first-order chi connectivity index (χ1) is 9.96.